The molecule has 0 N–H and O–H groups in total. The van der Waals surface area contributed by atoms with E-state index in [9.17, 15) is 0 Å². The minimum Gasteiger partial charge on any atom is -0.493 e. The summed E-state index contributed by atoms with van der Waals surface area (Å²) in [6, 6.07) is 12.3. The van der Waals surface area contributed by atoms with Gasteiger partial charge in [-0.15, -0.1) is 11.8 Å². The van der Waals surface area contributed by atoms with Crippen LogP contribution in [0.1, 0.15) is 0 Å². The molecule has 3 nitrogen and oxygen atoms in total. The highest BCUT2D eigenvalue weighted by Crippen LogP contribution is 2.41. The largest absolute Gasteiger partial charge is 0.493 e. The fourth-order valence-electron chi connectivity index (χ4n) is 2.03. The van der Waals surface area contributed by atoms with Crippen LogP contribution >= 0.6 is 11.8 Å². The number of methoxy groups -OCH3 is 3. The summed E-state index contributed by atoms with van der Waals surface area (Å²) in [6.07, 6.45) is 2.06. The summed E-state index contributed by atoms with van der Waals surface area (Å²) in [5.41, 5.74) is 2.15. The summed E-state index contributed by atoms with van der Waals surface area (Å²) < 4.78 is 16.1. The number of hydrogen-bond acceptors (Lipinski definition) is 4. The van der Waals surface area contributed by atoms with E-state index in [4.69, 9.17) is 14.2 Å². The molecule has 0 saturated carbocycles. The molecule has 0 aliphatic rings. The van der Waals surface area contributed by atoms with Gasteiger partial charge in [-0.2, -0.15) is 0 Å². The average molecular weight is 290 g/mol. The molecule has 2 aromatic carbocycles. The zero-order chi connectivity index (χ0) is 14.5. The molecule has 0 fully saturated rings. The molecule has 0 heterocycles. The third kappa shape index (κ3) is 2.85. The van der Waals surface area contributed by atoms with Crippen LogP contribution in [0, 0.1) is 0 Å². The SMILES string of the molecule is COc1cc(-c2ccc(SC)cc2)cc(OC)c1OC. The van der Waals surface area contributed by atoms with Crippen LogP contribution in [0.15, 0.2) is 41.3 Å². The van der Waals surface area contributed by atoms with Gasteiger partial charge >= 0.3 is 0 Å². The normalized spacial score (nSPS) is 10.2. The van der Waals surface area contributed by atoms with E-state index in [1.807, 2.05) is 12.1 Å². The Labute approximate surface area is 123 Å². The third-order valence-electron chi connectivity index (χ3n) is 3.09. The molecule has 106 valence electrons. The van der Waals surface area contributed by atoms with E-state index in [0.29, 0.717) is 17.2 Å². The fraction of sp³-hybridized carbons (Fsp3) is 0.250. The molecule has 2 aromatic rings. The molecule has 20 heavy (non-hydrogen) atoms. The Bertz CT molecular complexity index is 554. The average Bonchev–Trinajstić information content (AvgIpc) is 2.53. The Balaban J connectivity index is 2.50. The summed E-state index contributed by atoms with van der Waals surface area (Å²) in [7, 11) is 4.85. The van der Waals surface area contributed by atoms with Gasteiger partial charge in [0, 0.05) is 4.90 Å². The van der Waals surface area contributed by atoms with E-state index < -0.39 is 0 Å². The smallest absolute Gasteiger partial charge is 0.203 e. The maximum absolute atomic E-state index is 5.38. The zero-order valence-electron chi connectivity index (χ0n) is 12.1. The Morgan fingerprint density at radius 3 is 1.70 bits per heavy atom. The molecule has 0 bridgehead atoms. The molecule has 4 heteroatoms. The highest BCUT2D eigenvalue weighted by Gasteiger charge is 2.13. The molecule has 0 aliphatic heterocycles. The zero-order valence-corrected chi connectivity index (χ0v) is 12.9. The van der Waals surface area contributed by atoms with Crippen LogP contribution in [0.2, 0.25) is 0 Å². The first kappa shape index (κ1) is 14.6. The molecule has 0 unspecified atom stereocenters. The summed E-state index contributed by atoms with van der Waals surface area (Å²) in [5, 5.41) is 0. The van der Waals surface area contributed by atoms with Gasteiger partial charge in [-0.05, 0) is 41.6 Å². The van der Waals surface area contributed by atoms with Crippen LogP contribution < -0.4 is 14.2 Å². The highest BCUT2D eigenvalue weighted by molar-refractivity contribution is 7.98. The van der Waals surface area contributed by atoms with Gasteiger partial charge in [-0.3, -0.25) is 0 Å². The standard InChI is InChI=1S/C16H18O3S/c1-17-14-9-12(10-15(18-2)16(14)19-3)11-5-7-13(20-4)8-6-11/h5-10H,1-4H3. The maximum atomic E-state index is 5.38. The Kier molecular flexibility index (Phi) is 4.79. The van der Waals surface area contributed by atoms with E-state index >= 15 is 0 Å². The lowest BCUT2D eigenvalue weighted by atomic mass is 10.0. The van der Waals surface area contributed by atoms with Gasteiger partial charge in [-0.1, -0.05) is 12.1 Å². The fourth-order valence-corrected chi connectivity index (χ4v) is 2.44. The van der Waals surface area contributed by atoms with Crippen molar-refractivity contribution in [3.63, 3.8) is 0 Å². The van der Waals surface area contributed by atoms with Crippen molar-refractivity contribution >= 4 is 11.8 Å². The van der Waals surface area contributed by atoms with Crippen molar-refractivity contribution in [3.05, 3.63) is 36.4 Å². The second kappa shape index (κ2) is 6.57. The Hall–Kier alpha value is -1.81. The molecule has 0 spiro atoms. The van der Waals surface area contributed by atoms with Crippen molar-refractivity contribution < 1.29 is 14.2 Å². The van der Waals surface area contributed by atoms with Crippen LogP contribution in [0.5, 0.6) is 17.2 Å². The minimum atomic E-state index is 0.611. The van der Waals surface area contributed by atoms with Crippen LogP contribution in [0.3, 0.4) is 0 Å². The molecule has 0 amide bonds. The van der Waals surface area contributed by atoms with Gasteiger partial charge in [0.15, 0.2) is 11.5 Å². The molecule has 0 atom stereocenters. The number of hydrogen-bond donors (Lipinski definition) is 0. The molecule has 0 saturated heterocycles. The second-order valence-electron chi connectivity index (χ2n) is 4.14. The predicted octanol–water partition coefficient (Wildman–Crippen LogP) is 4.10. The number of thioether (sulfide) groups is 1. The topological polar surface area (TPSA) is 27.7 Å². The minimum absolute atomic E-state index is 0.611. The lowest BCUT2D eigenvalue weighted by Gasteiger charge is -2.14. The lowest BCUT2D eigenvalue weighted by molar-refractivity contribution is 0.324. The van der Waals surface area contributed by atoms with Crippen molar-refractivity contribution in [2.24, 2.45) is 0 Å². The second-order valence-corrected chi connectivity index (χ2v) is 5.02. The Morgan fingerprint density at radius 2 is 1.30 bits per heavy atom. The van der Waals surface area contributed by atoms with Crippen LogP contribution in [-0.2, 0) is 0 Å². The van der Waals surface area contributed by atoms with Crippen LogP contribution in [0.4, 0.5) is 0 Å². The lowest BCUT2D eigenvalue weighted by Crippen LogP contribution is -1.95. The number of benzene rings is 2. The number of rotatable bonds is 5. The van der Waals surface area contributed by atoms with Crippen molar-refractivity contribution in [1.82, 2.24) is 0 Å². The first-order valence-electron chi connectivity index (χ1n) is 6.18. The van der Waals surface area contributed by atoms with Gasteiger partial charge in [-0.25, -0.2) is 0 Å². The van der Waals surface area contributed by atoms with Gasteiger partial charge in [0.05, 0.1) is 21.3 Å². The van der Waals surface area contributed by atoms with Crippen molar-refractivity contribution in [2.45, 2.75) is 4.90 Å². The quantitative estimate of drug-likeness (QED) is 0.775. The number of ether oxygens (including phenoxy) is 3. The van der Waals surface area contributed by atoms with Crippen molar-refractivity contribution in [2.75, 3.05) is 27.6 Å². The predicted molar refractivity (Wildman–Crippen MR) is 83.3 cm³/mol. The highest BCUT2D eigenvalue weighted by atomic mass is 32.2. The molecule has 2 rings (SSSR count). The van der Waals surface area contributed by atoms with Crippen LogP contribution in [0.25, 0.3) is 11.1 Å². The third-order valence-corrected chi connectivity index (χ3v) is 3.83. The molecule has 0 aromatic heterocycles. The van der Waals surface area contributed by atoms with E-state index in [-0.39, 0.29) is 0 Å². The molecule has 0 aliphatic carbocycles. The summed E-state index contributed by atoms with van der Waals surface area (Å²) in [5.74, 6) is 1.94. The Morgan fingerprint density at radius 1 is 0.750 bits per heavy atom. The monoisotopic (exact) mass is 290 g/mol. The van der Waals surface area contributed by atoms with Gasteiger partial charge in [0.1, 0.15) is 0 Å². The summed E-state index contributed by atoms with van der Waals surface area (Å²) in [4.78, 5) is 1.24. The molecule has 0 radical (unpaired) electrons. The summed E-state index contributed by atoms with van der Waals surface area (Å²) >= 11 is 1.72. The van der Waals surface area contributed by atoms with Crippen LogP contribution in [-0.4, -0.2) is 27.6 Å². The van der Waals surface area contributed by atoms with Gasteiger partial charge in [0.25, 0.3) is 0 Å². The molecular formula is C16H18O3S. The first-order chi connectivity index (χ1) is 9.73. The van der Waals surface area contributed by atoms with Gasteiger partial charge < -0.3 is 14.2 Å². The van der Waals surface area contributed by atoms with E-state index in [2.05, 4.69) is 30.5 Å². The maximum Gasteiger partial charge on any atom is 0.203 e. The van der Waals surface area contributed by atoms with E-state index in [1.54, 1.807) is 33.1 Å². The summed E-state index contributed by atoms with van der Waals surface area (Å²) in [6.45, 7) is 0. The molecular weight excluding hydrogens is 272 g/mol. The van der Waals surface area contributed by atoms with E-state index in [1.165, 1.54) is 4.90 Å². The van der Waals surface area contributed by atoms with Crippen molar-refractivity contribution in [1.29, 1.82) is 0 Å². The van der Waals surface area contributed by atoms with Crippen molar-refractivity contribution in [3.8, 4) is 28.4 Å². The van der Waals surface area contributed by atoms with E-state index in [0.717, 1.165) is 11.1 Å². The first-order valence-corrected chi connectivity index (χ1v) is 7.40. The van der Waals surface area contributed by atoms with Gasteiger partial charge in [0.2, 0.25) is 5.75 Å².